The van der Waals surface area contributed by atoms with Crippen molar-refractivity contribution in [3.8, 4) is 5.75 Å². The summed E-state index contributed by atoms with van der Waals surface area (Å²) in [5.41, 5.74) is 5.91. The molecule has 32 heavy (non-hydrogen) atoms. The van der Waals surface area contributed by atoms with Crippen LogP contribution >= 0.6 is 11.8 Å². The molecule has 0 unspecified atom stereocenters. The molecule has 1 aromatic carbocycles. The zero-order valence-electron chi connectivity index (χ0n) is 18.9. The Balaban J connectivity index is 2.17. The number of hydrogen-bond donors (Lipinski definition) is 2. The number of amidine groups is 1. The van der Waals surface area contributed by atoms with Gasteiger partial charge in [0.25, 0.3) is 5.91 Å². The molecule has 0 radical (unpaired) electrons. The van der Waals surface area contributed by atoms with Crippen molar-refractivity contribution in [2.45, 2.75) is 26.2 Å². The smallest absolute Gasteiger partial charge is 0.409 e. The maximum absolute atomic E-state index is 13.9. The van der Waals surface area contributed by atoms with Crippen molar-refractivity contribution in [2.24, 2.45) is 10.7 Å². The molecule has 2 rings (SSSR count). The van der Waals surface area contributed by atoms with Gasteiger partial charge in [0, 0.05) is 37.8 Å². The highest BCUT2D eigenvalue weighted by atomic mass is 32.2. The Labute approximate surface area is 193 Å². The SMILES string of the molecule is CCCN(CCN(C)C)C(=O)Oc1cc(F)ccc1/C=C1/SC(=NCCCCN)NC1=O. The van der Waals surface area contributed by atoms with Gasteiger partial charge < -0.3 is 25.6 Å². The van der Waals surface area contributed by atoms with Crippen LogP contribution in [-0.4, -0.2) is 73.8 Å². The van der Waals surface area contributed by atoms with Crippen molar-refractivity contribution in [1.29, 1.82) is 0 Å². The number of ether oxygens (including phenoxy) is 1. The molecule has 0 saturated carbocycles. The van der Waals surface area contributed by atoms with Crippen LogP contribution in [0.2, 0.25) is 0 Å². The van der Waals surface area contributed by atoms with Gasteiger partial charge in [0.1, 0.15) is 11.6 Å². The summed E-state index contributed by atoms with van der Waals surface area (Å²) in [6.07, 6.45) is 3.51. The Hall–Kier alpha value is -2.43. The summed E-state index contributed by atoms with van der Waals surface area (Å²) >= 11 is 1.20. The van der Waals surface area contributed by atoms with Gasteiger partial charge in [-0.25, -0.2) is 9.18 Å². The van der Waals surface area contributed by atoms with Crippen molar-refractivity contribution in [1.82, 2.24) is 15.1 Å². The molecule has 0 aliphatic carbocycles. The van der Waals surface area contributed by atoms with Gasteiger partial charge in [0.05, 0.1) is 4.91 Å². The fraction of sp³-hybridized carbons (Fsp3) is 0.500. The Bertz CT molecular complexity index is 860. The minimum absolute atomic E-state index is 0.0650. The topological polar surface area (TPSA) is 100 Å². The quantitative estimate of drug-likeness (QED) is 0.385. The average Bonchev–Trinajstić information content (AvgIpc) is 3.09. The molecule has 10 heteroatoms. The molecule has 0 spiro atoms. The van der Waals surface area contributed by atoms with Gasteiger partial charge in [-0.3, -0.25) is 9.79 Å². The summed E-state index contributed by atoms with van der Waals surface area (Å²) in [4.78, 5) is 33.4. The highest BCUT2D eigenvalue weighted by Crippen LogP contribution is 2.30. The first-order chi connectivity index (χ1) is 15.3. The predicted molar refractivity (Wildman–Crippen MR) is 127 cm³/mol. The molecular weight excluding hydrogens is 433 g/mol. The van der Waals surface area contributed by atoms with Crippen LogP contribution in [0.5, 0.6) is 5.75 Å². The minimum Gasteiger partial charge on any atom is -0.409 e. The van der Waals surface area contributed by atoms with E-state index in [1.54, 1.807) is 11.0 Å². The first-order valence-corrected chi connectivity index (χ1v) is 11.5. The van der Waals surface area contributed by atoms with Crippen molar-refractivity contribution >= 4 is 35.0 Å². The van der Waals surface area contributed by atoms with E-state index in [1.807, 2.05) is 25.9 Å². The summed E-state index contributed by atoms with van der Waals surface area (Å²) in [5, 5.41) is 3.23. The normalized spacial score (nSPS) is 16.1. The maximum atomic E-state index is 13.9. The van der Waals surface area contributed by atoms with E-state index in [2.05, 4.69) is 10.3 Å². The van der Waals surface area contributed by atoms with Crippen molar-refractivity contribution in [2.75, 3.05) is 46.8 Å². The van der Waals surface area contributed by atoms with Gasteiger partial charge in [0.15, 0.2) is 5.17 Å². The molecule has 2 amide bonds. The van der Waals surface area contributed by atoms with Crippen LogP contribution in [0.4, 0.5) is 9.18 Å². The maximum Gasteiger partial charge on any atom is 0.415 e. The number of hydrogen-bond acceptors (Lipinski definition) is 7. The van der Waals surface area contributed by atoms with E-state index in [-0.39, 0.29) is 11.7 Å². The van der Waals surface area contributed by atoms with E-state index in [1.165, 1.54) is 23.9 Å². The Morgan fingerprint density at radius 3 is 2.75 bits per heavy atom. The number of unbranched alkanes of at least 4 members (excludes halogenated alkanes) is 1. The molecule has 3 N–H and O–H groups in total. The zero-order chi connectivity index (χ0) is 23.5. The molecule has 0 bridgehead atoms. The number of nitrogens with zero attached hydrogens (tertiary/aromatic N) is 3. The molecular formula is C22H32FN5O3S. The van der Waals surface area contributed by atoms with Crippen molar-refractivity contribution in [3.63, 3.8) is 0 Å². The highest BCUT2D eigenvalue weighted by Gasteiger charge is 2.24. The number of halogens is 1. The summed E-state index contributed by atoms with van der Waals surface area (Å²) in [6, 6.07) is 3.90. The van der Waals surface area contributed by atoms with E-state index in [0.717, 1.165) is 25.3 Å². The van der Waals surface area contributed by atoms with Gasteiger partial charge in [-0.05, 0) is 69.9 Å². The van der Waals surface area contributed by atoms with Gasteiger partial charge in [0.2, 0.25) is 0 Å². The van der Waals surface area contributed by atoms with Crippen LogP contribution in [0.15, 0.2) is 28.1 Å². The monoisotopic (exact) mass is 465 g/mol. The fourth-order valence-corrected chi connectivity index (χ4v) is 3.68. The molecule has 1 heterocycles. The number of carbonyl (C=O) groups is 2. The molecule has 1 saturated heterocycles. The minimum atomic E-state index is -0.551. The number of benzene rings is 1. The third-order valence-corrected chi connectivity index (χ3v) is 5.49. The fourth-order valence-electron chi connectivity index (χ4n) is 2.84. The first-order valence-electron chi connectivity index (χ1n) is 10.7. The Kier molecular flexibility index (Phi) is 10.6. The summed E-state index contributed by atoms with van der Waals surface area (Å²) in [5.74, 6) is -0.765. The molecule has 1 fully saturated rings. The second-order valence-electron chi connectivity index (χ2n) is 7.59. The predicted octanol–water partition coefficient (Wildman–Crippen LogP) is 2.90. The van der Waals surface area contributed by atoms with E-state index in [4.69, 9.17) is 10.5 Å². The Morgan fingerprint density at radius 1 is 1.28 bits per heavy atom. The second kappa shape index (κ2) is 13.2. The largest absolute Gasteiger partial charge is 0.415 e. The van der Waals surface area contributed by atoms with Gasteiger partial charge >= 0.3 is 6.09 Å². The number of likely N-dealkylation sites (N-methyl/N-ethyl adjacent to an activating group) is 1. The van der Waals surface area contributed by atoms with E-state index in [9.17, 15) is 14.0 Å². The second-order valence-corrected chi connectivity index (χ2v) is 8.62. The number of nitrogens with one attached hydrogen (secondary N) is 1. The summed E-state index contributed by atoms with van der Waals surface area (Å²) in [7, 11) is 3.85. The van der Waals surface area contributed by atoms with Crippen LogP contribution in [-0.2, 0) is 4.79 Å². The third kappa shape index (κ3) is 8.25. The lowest BCUT2D eigenvalue weighted by atomic mass is 10.2. The van der Waals surface area contributed by atoms with Crippen LogP contribution in [0, 0.1) is 5.82 Å². The number of nitrogens with two attached hydrogens (primary N) is 1. The van der Waals surface area contributed by atoms with Crippen LogP contribution < -0.4 is 15.8 Å². The number of carbonyl (C=O) groups excluding carboxylic acids is 2. The zero-order valence-corrected chi connectivity index (χ0v) is 19.7. The molecule has 1 aromatic rings. The van der Waals surface area contributed by atoms with Crippen molar-refractivity contribution < 1.29 is 18.7 Å². The molecule has 0 aromatic heterocycles. The van der Waals surface area contributed by atoms with E-state index < -0.39 is 11.9 Å². The lowest BCUT2D eigenvalue weighted by molar-refractivity contribution is -0.115. The van der Waals surface area contributed by atoms with Crippen molar-refractivity contribution in [3.05, 3.63) is 34.5 Å². The highest BCUT2D eigenvalue weighted by molar-refractivity contribution is 8.18. The van der Waals surface area contributed by atoms with Gasteiger partial charge in [-0.2, -0.15) is 0 Å². The standard InChI is InChI=1S/C22H32FN5O3S/c1-4-11-28(13-12-27(2)3)22(30)31-18-15-17(23)8-7-16(18)14-19-20(29)26-21(32-19)25-10-6-5-9-24/h7-8,14-15H,4-6,9-13,24H2,1-3H3,(H,25,26,29)/b19-14+. The number of amides is 2. The Morgan fingerprint density at radius 2 is 2.06 bits per heavy atom. The van der Waals surface area contributed by atoms with Gasteiger partial charge in [-0.15, -0.1) is 0 Å². The molecule has 1 aliphatic rings. The number of rotatable bonds is 11. The summed E-state index contributed by atoms with van der Waals surface area (Å²) < 4.78 is 19.4. The van der Waals surface area contributed by atoms with Gasteiger partial charge in [-0.1, -0.05) is 6.92 Å². The lowest BCUT2D eigenvalue weighted by Gasteiger charge is -2.23. The average molecular weight is 466 g/mol. The van der Waals surface area contributed by atoms with E-state index in [0.29, 0.717) is 48.4 Å². The van der Waals surface area contributed by atoms with Crippen LogP contribution in [0.3, 0.4) is 0 Å². The molecule has 8 nitrogen and oxygen atoms in total. The van der Waals surface area contributed by atoms with E-state index >= 15 is 0 Å². The summed E-state index contributed by atoms with van der Waals surface area (Å²) in [6.45, 7) is 4.85. The number of aliphatic imine (C=N–C) groups is 1. The van der Waals surface area contributed by atoms with Crippen LogP contribution in [0.1, 0.15) is 31.7 Å². The first kappa shape index (κ1) is 25.8. The third-order valence-electron chi connectivity index (χ3n) is 4.55. The lowest BCUT2D eigenvalue weighted by Crippen LogP contribution is -2.39. The molecule has 0 atom stereocenters. The number of thioether (sulfide) groups is 1. The van der Waals surface area contributed by atoms with Crippen LogP contribution in [0.25, 0.3) is 6.08 Å². The molecule has 1 aliphatic heterocycles. The molecule has 176 valence electrons.